The number of piperidine rings is 1. The third-order valence-corrected chi connectivity index (χ3v) is 5.33. The predicted molar refractivity (Wildman–Crippen MR) is 106 cm³/mol. The number of likely N-dealkylation sites (tertiary alicyclic amines) is 1. The van der Waals surface area contributed by atoms with Crippen molar-refractivity contribution in [3.05, 3.63) is 41.1 Å². The van der Waals surface area contributed by atoms with Gasteiger partial charge in [0.15, 0.2) is 0 Å². The molecule has 2 aliphatic heterocycles. The maximum absolute atomic E-state index is 12.6. The monoisotopic (exact) mass is 387 g/mol. The first-order valence-corrected chi connectivity index (χ1v) is 9.66. The van der Waals surface area contributed by atoms with Gasteiger partial charge in [0.2, 0.25) is 0 Å². The quantitative estimate of drug-likeness (QED) is 0.759. The Kier molecular flexibility index (Phi) is 6.24. The number of amides is 2. The number of urea groups is 1. The number of hydrogen-bond donors (Lipinski definition) is 2. The number of ether oxygens (including phenoxy) is 2. The summed E-state index contributed by atoms with van der Waals surface area (Å²) in [6, 6.07) is 6.43. The maximum atomic E-state index is 12.6. The van der Waals surface area contributed by atoms with Crippen molar-refractivity contribution < 1.29 is 19.1 Å². The van der Waals surface area contributed by atoms with Crippen LogP contribution < -0.4 is 15.4 Å². The molecule has 0 spiro atoms. The average Bonchev–Trinajstić information content (AvgIpc) is 2.66. The van der Waals surface area contributed by atoms with Crippen LogP contribution >= 0.6 is 0 Å². The lowest BCUT2D eigenvalue weighted by molar-refractivity contribution is -0.136. The molecule has 1 aromatic rings. The van der Waals surface area contributed by atoms with Gasteiger partial charge in [0.05, 0.1) is 25.8 Å². The Bertz CT molecular complexity index is 749. The Morgan fingerprint density at radius 3 is 2.36 bits per heavy atom. The second-order valence-corrected chi connectivity index (χ2v) is 7.83. The minimum absolute atomic E-state index is 0.318. The fourth-order valence-electron chi connectivity index (χ4n) is 4.28. The molecule has 1 aromatic carbocycles. The summed E-state index contributed by atoms with van der Waals surface area (Å²) in [4.78, 5) is 27.3. The summed E-state index contributed by atoms with van der Waals surface area (Å²) in [5.74, 6) is 1.44. The molecule has 1 fully saturated rings. The van der Waals surface area contributed by atoms with Gasteiger partial charge < -0.3 is 20.1 Å². The zero-order chi connectivity index (χ0) is 20.3. The molecule has 3 atom stereocenters. The van der Waals surface area contributed by atoms with Crippen molar-refractivity contribution in [2.75, 3.05) is 33.9 Å². The topological polar surface area (TPSA) is 79.9 Å². The third kappa shape index (κ3) is 4.47. The van der Waals surface area contributed by atoms with Gasteiger partial charge in [0.25, 0.3) is 0 Å². The fraction of sp³-hybridized carbons (Fsp3) is 0.524. The van der Waals surface area contributed by atoms with Crippen LogP contribution in [0.25, 0.3) is 0 Å². The molecule has 7 nitrogen and oxygen atoms in total. The van der Waals surface area contributed by atoms with E-state index in [2.05, 4.69) is 29.4 Å². The van der Waals surface area contributed by atoms with Gasteiger partial charge in [0.1, 0.15) is 5.75 Å². The van der Waals surface area contributed by atoms with Gasteiger partial charge in [-0.1, -0.05) is 26.0 Å². The summed E-state index contributed by atoms with van der Waals surface area (Å²) in [6.07, 6.45) is 1.20. The standard InChI is InChI=1S/C21H29N3O4/c1-13-9-14(2)11-24(10-13)12-17-18(20(25)28-4)19(23-21(26)22-17)15-5-7-16(27-3)8-6-15/h5-8,13-14,19H,9-12H2,1-4H3,(H2,22,23,26)/t13-,14+,19-/m0/s1. The van der Waals surface area contributed by atoms with Crippen LogP contribution in [0.15, 0.2) is 35.5 Å². The van der Waals surface area contributed by atoms with E-state index in [0.717, 1.165) is 18.7 Å². The number of nitrogens with zero attached hydrogens (tertiary/aromatic N) is 1. The number of methoxy groups -OCH3 is 2. The largest absolute Gasteiger partial charge is 0.497 e. The van der Waals surface area contributed by atoms with E-state index < -0.39 is 12.0 Å². The lowest BCUT2D eigenvalue weighted by Gasteiger charge is -2.37. The number of carbonyl (C=O) groups is 2. The number of carbonyl (C=O) groups excluding carboxylic acids is 2. The van der Waals surface area contributed by atoms with E-state index in [9.17, 15) is 9.59 Å². The highest BCUT2D eigenvalue weighted by Crippen LogP contribution is 2.30. The van der Waals surface area contributed by atoms with E-state index in [1.807, 2.05) is 24.3 Å². The van der Waals surface area contributed by atoms with Crippen LogP contribution in [0.5, 0.6) is 5.75 Å². The van der Waals surface area contributed by atoms with Crippen LogP contribution in [0, 0.1) is 11.8 Å². The van der Waals surface area contributed by atoms with Gasteiger partial charge in [-0.25, -0.2) is 9.59 Å². The smallest absolute Gasteiger partial charge is 0.338 e. The Labute approximate surface area is 166 Å². The zero-order valence-electron chi connectivity index (χ0n) is 17.0. The highest BCUT2D eigenvalue weighted by Gasteiger charge is 2.35. The number of rotatable bonds is 5. The second kappa shape index (κ2) is 8.65. The molecule has 0 bridgehead atoms. The molecular formula is C21H29N3O4. The molecule has 3 rings (SSSR count). The molecule has 0 aromatic heterocycles. The Hall–Kier alpha value is -2.54. The number of hydrogen-bond acceptors (Lipinski definition) is 5. The summed E-state index contributed by atoms with van der Waals surface area (Å²) < 4.78 is 10.3. The summed E-state index contributed by atoms with van der Waals surface area (Å²) in [5.41, 5.74) is 1.85. The lowest BCUT2D eigenvalue weighted by atomic mass is 9.91. The zero-order valence-corrected chi connectivity index (χ0v) is 17.0. The molecule has 0 saturated carbocycles. The van der Waals surface area contributed by atoms with E-state index in [4.69, 9.17) is 9.47 Å². The third-order valence-electron chi connectivity index (χ3n) is 5.33. The summed E-state index contributed by atoms with van der Waals surface area (Å²) in [5, 5.41) is 5.70. The summed E-state index contributed by atoms with van der Waals surface area (Å²) in [7, 11) is 2.96. The molecule has 2 N–H and O–H groups in total. The lowest BCUT2D eigenvalue weighted by Crippen LogP contribution is -2.50. The molecule has 152 valence electrons. The molecule has 2 heterocycles. The SMILES string of the molecule is COC(=O)C1=C(CN2C[C@H](C)C[C@H](C)C2)NC(=O)N[C@H]1c1ccc(OC)cc1. The van der Waals surface area contributed by atoms with Crippen LogP contribution in [-0.4, -0.2) is 50.8 Å². The first-order chi connectivity index (χ1) is 13.4. The van der Waals surface area contributed by atoms with Crippen molar-refractivity contribution in [3.63, 3.8) is 0 Å². The van der Waals surface area contributed by atoms with Crippen molar-refractivity contribution >= 4 is 12.0 Å². The second-order valence-electron chi connectivity index (χ2n) is 7.83. The molecule has 0 aliphatic carbocycles. The molecule has 2 aliphatic rings. The normalized spacial score (nSPS) is 25.7. The molecule has 0 unspecified atom stereocenters. The molecule has 1 saturated heterocycles. The van der Waals surface area contributed by atoms with E-state index >= 15 is 0 Å². The van der Waals surface area contributed by atoms with E-state index in [-0.39, 0.29) is 6.03 Å². The first kappa shape index (κ1) is 20.2. The van der Waals surface area contributed by atoms with Crippen molar-refractivity contribution in [1.82, 2.24) is 15.5 Å². The highest BCUT2D eigenvalue weighted by atomic mass is 16.5. The molecular weight excluding hydrogens is 358 g/mol. The average molecular weight is 387 g/mol. The molecule has 0 radical (unpaired) electrons. The minimum Gasteiger partial charge on any atom is -0.497 e. The van der Waals surface area contributed by atoms with Crippen molar-refractivity contribution in [3.8, 4) is 5.75 Å². The van der Waals surface area contributed by atoms with Crippen LogP contribution in [-0.2, 0) is 9.53 Å². The number of benzene rings is 1. The fourth-order valence-corrected chi connectivity index (χ4v) is 4.28. The summed E-state index contributed by atoms with van der Waals surface area (Å²) >= 11 is 0. The van der Waals surface area contributed by atoms with E-state index in [1.165, 1.54) is 13.5 Å². The Balaban J connectivity index is 1.95. The number of nitrogens with one attached hydrogen (secondary N) is 2. The van der Waals surface area contributed by atoms with Gasteiger partial charge in [-0.15, -0.1) is 0 Å². The van der Waals surface area contributed by atoms with E-state index in [0.29, 0.717) is 35.4 Å². The van der Waals surface area contributed by atoms with Crippen LogP contribution in [0.1, 0.15) is 31.9 Å². The van der Waals surface area contributed by atoms with Gasteiger partial charge in [0, 0.05) is 25.3 Å². The molecule has 7 heteroatoms. The van der Waals surface area contributed by atoms with Gasteiger partial charge in [-0.05, 0) is 36.0 Å². The van der Waals surface area contributed by atoms with Gasteiger partial charge in [-0.3, -0.25) is 4.90 Å². The van der Waals surface area contributed by atoms with Crippen LogP contribution in [0.3, 0.4) is 0 Å². The van der Waals surface area contributed by atoms with Crippen molar-refractivity contribution in [2.24, 2.45) is 11.8 Å². The molecule has 28 heavy (non-hydrogen) atoms. The Morgan fingerprint density at radius 2 is 1.79 bits per heavy atom. The van der Waals surface area contributed by atoms with Crippen LogP contribution in [0.4, 0.5) is 4.79 Å². The number of esters is 1. The molecule has 2 amide bonds. The van der Waals surface area contributed by atoms with Crippen molar-refractivity contribution in [1.29, 1.82) is 0 Å². The maximum Gasteiger partial charge on any atom is 0.338 e. The van der Waals surface area contributed by atoms with Gasteiger partial charge in [-0.2, -0.15) is 0 Å². The van der Waals surface area contributed by atoms with Gasteiger partial charge >= 0.3 is 12.0 Å². The Morgan fingerprint density at radius 1 is 1.14 bits per heavy atom. The highest BCUT2D eigenvalue weighted by molar-refractivity contribution is 5.95. The first-order valence-electron chi connectivity index (χ1n) is 9.66. The minimum atomic E-state index is -0.568. The van der Waals surface area contributed by atoms with Crippen LogP contribution in [0.2, 0.25) is 0 Å². The van der Waals surface area contributed by atoms with E-state index in [1.54, 1.807) is 7.11 Å². The van der Waals surface area contributed by atoms with Crippen molar-refractivity contribution in [2.45, 2.75) is 26.3 Å². The summed E-state index contributed by atoms with van der Waals surface area (Å²) in [6.45, 7) is 6.87. The predicted octanol–water partition coefficient (Wildman–Crippen LogP) is 2.45.